The van der Waals surface area contributed by atoms with Crippen LogP contribution in [-0.4, -0.2) is 20.9 Å². The van der Waals surface area contributed by atoms with Gasteiger partial charge in [0.15, 0.2) is 0 Å². The molecule has 2 aromatic heterocycles. The smallest absolute Gasteiger partial charge is 0.132 e. The van der Waals surface area contributed by atoms with Gasteiger partial charge in [0.1, 0.15) is 10.4 Å². The van der Waals surface area contributed by atoms with Crippen molar-refractivity contribution in [2.24, 2.45) is 0 Å². The summed E-state index contributed by atoms with van der Waals surface area (Å²) in [5.74, 6) is 4.39. The second-order valence-electron chi connectivity index (χ2n) is 4.56. The van der Waals surface area contributed by atoms with Gasteiger partial charge < -0.3 is 4.40 Å². The Morgan fingerprint density at radius 2 is 2.18 bits per heavy atom. The summed E-state index contributed by atoms with van der Waals surface area (Å²) in [6.07, 6.45) is 4.64. The van der Waals surface area contributed by atoms with E-state index in [1.165, 1.54) is 41.3 Å². The maximum Gasteiger partial charge on any atom is 0.132 e. The number of rotatable bonds is 1. The Morgan fingerprint density at radius 3 is 2.94 bits per heavy atom. The number of thioether (sulfide) groups is 1. The van der Waals surface area contributed by atoms with Crippen molar-refractivity contribution in [2.75, 3.05) is 11.5 Å². The lowest BCUT2D eigenvalue weighted by molar-refractivity contribution is 0.595. The molecule has 0 aliphatic carbocycles. The first-order chi connectivity index (χ1) is 8.27. The van der Waals surface area contributed by atoms with E-state index in [-0.39, 0.29) is 0 Å². The highest BCUT2D eigenvalue weighted by molar-refractivity contribution is 9.10. The third-order valence-electron chi connectivity index (χ3n) is 3.44. The Bertz CT molecular complexity index is 544. The summed E-state index contributed by atoms with van der Waals surface area (Å²) in [4.78, 5) is 4.74. The maximum absolute atomic E-state index is 4.74. The second-order valence-corrected chi connectivity index (χ2v) is 6.53. The molecule has 1 aliphatic heterocycles. The molecule has 0 unspecified atom stereocenters. The van der Waals surface area contributed by atoms with Crippen molar-refractivity contribution in [1.29, 1.82) is 0 Å². The minimum absolute atomic E-state index is 0.622. The molecule has 0 atom stereocenters. The summed E-state index contributed by atoms with van der Waals surface area (Å²) in [6.45, 7) is 2.14. The average molecular weight is 311 g/mol. The highest BCUT2D eigenvalue weighted by Crippen LogP contribution is 2.33. The molecule has 2 aromatic rings. The van der Waals surface area contributed by atoms with Crippen LogP contribution in [0.15, 0.2) is 22.9 Å². The van der Waals surface area contributed by atoms with Gasteiger partial charge in [-0.2, -0.15) is 11.8 Å². The third kappa shape index (κ3) is 2.02. The van der Waals surface area contributed by atoms with E-state index in [9.17, 15) is 0 Å². The normalized spacial score (nSPS) is 17.8. The topological polar surface area (TPSA) is 17.3 Å². The summed E-state index contributed by atoms with van der Waals surface area (Å²) in [5.41, 5.74) is 2.50. The largest absolute Gasteiger partial charge is 0.302 e. The van der Waals surface area contributed by atoms with Gasteiger partial charge in [-0.1, -0.05) is 6.07 Å². The predicted octanol–water partition coefficient (Wildman–Crippen LogP) is 4.02. The van der Waals surface area contributed by atoms with Crippen molar-refractivity contribution < 1.29 is 0 Å². The van der Waals surface area contributed by atoms with E-state index in [1.54, 1.807) is 0 Å². The van der Waals surface area contributed by atoms with Crippen LogP contribution in [0.3, 0.4) is 0 Å². The van der Waals surface area contributed by atoms with Crippen molar-refractivity contribution in [3.63, 3.8) is 0 Å². The van der Waals surface area contributed by atoms with Gasteiger partial charge in [-0.25, -0.2) is 4.98 Å². The first-order valence-electron chi connectivity index (χ1n) is 5.98. The van der Waals surface area contributed by atoms with Crippen LogP contribution in [0.2, 0.25) is 0 Å². The lowest BCUT2D eigenvalue weighted by Crippen LogP contribution is -2.11. The first-order valence-corrected chi connectivity index (χ1v) is 7.93. The van der Waals surface area contributed by atoms with Crippen molar-refractivity contribution in [1.82, 2.24) is 9.38 Å². The van der Waals surface area contributed by atoms with Gasteiger partial charge in [-0.15, -0.1) is 0 Å². The van der Waals surface area contributed by atoms with E-state index in [2.05, 4.69) is 57.3 Å². The van der Waals surface area contributed by atoms with Crippen LogP contribution in [0.25, 0.3) is 5.52 Å². The zero-order valence-electron chi connectivity index (χ0n) is 9.82. The fraction of sp³-hybridized carbons (Fsp3) is 0.462. The number of aromatic nitrogens is 2. The van der Waals surface area contributed by atoms with E-state index in [1.807, 2.05) is 0 Å². The summed E-state index contributed by atoms with van der Waals surface area (Å²) >= 11 is 5.66. The highest BCUT2D eigenvalue weighted by atomic mass is 79.9. The summed E-state index contributed by atoms with van der Waals surface area (Å²) < 4.78 is 3.25. The number of imidazole rings is 1. The molecule has 3 rings (SSSR count). The fourth-order valence-corrected chi connectivity index (χ4v) is 4.31. The van der Waals surface area contributed by atoms with E-state index >= 15 is 0 Å². The number of fused-ring (bicyclic) bond motifs is 1. The van der Waals surface area contributed by atoms with Gasteiger partial charge in [0.25, 0.3) is 0 Å². The van der Waals surface area contributed by atoms with Crippen molar-refractivity contribution in [2.45, 2.75) is 25.7 Å². The molecule has 3 heterocycles. The summed E-state index contributed by atoms with van der Waals surface area (Å²) in [6, 6.07) is 4.25. The number of nitrogens with zero attached hydrogens (tertiary/aromatic N) is 2. The molecule has 1 fully saturated rings. The fourth-order valence-electron chi connectivity index (χ4n) is 2.52. The van der Waals surface area contributed by atoms with Crippen LogP contribution in [0, 0.1) is 6.92 Å². The van der Waals surface area contributed by atoms with Gasteiger partial charge in [-0.3, -0.25) is 0 Å². The quantitative estimate of drug-likeness (QED) is 0.791. The number of pyridine rings is 1. The Hall–Kier alpha value is -0.480. The highest BCUT2D eigenvalue weighted by Gasteiger charge is 2.22. The number of halogens is 1. The number of aryl methyl sites for hydroxylation is 1. The Kier molecular flexibility index (Phi) is 3.17. The molecule has 2 nitrogen and oxygen atoms in total. The van der Waals surface area contributed by atoms with Gasteiger partial charge in [0, 0.05) is 12.1 Å². The van der Waals surface area contributed by atoms with Crippen molar-refractivity contribution >= 4 is 33.2 Å². The molecule has 17 heavy (non-hydrogen) atoms. The maximum atomic E-state index is 4.74. The SMILES string of the molecule is Cc1cccn2c(C3CCSCC3)nc(Br)c12. The molecule has 1 aliphatic rings. The second kappa shape index (κ2) is 4.65. The van der Waals surface area contributed by atoms with Crippen LogP contribution < -0.4 is 0 Å². The van der Waals surface area contributed by atoms with Gasteiger partial charge in [-0.05, 0) is 58.8 Å². The molecule has 90 valence electrons. The van der Waals surface area contributed by atoms with Crippen molar-refractivity contribution in [3.8, 4) is 0 Å². The molecule has 1 saturated heterocycles. The average Bonchev–Trinajstić information content (AvgIpc) is 2.69. The van der Waals surface area contributed by atoms with Crippen LogP contribution in [-0.2, 0) is 0 Å². The third-order valence-corrected chi connectivity index (χ3v) is 5.04. The minimum atomic E-state index is 0.622. The molecule has 0 bridgehead atoms. The van der Waals surface area contributed by atoms with Crippen LogP contribution in [0.4, 0.5) is 0 Å². The van der Waals surface area contributed by atoms with Gasteiger partial charge >= 0.3 is 0 Å². The first kappa shape index (κ1) is 11.6. The lowest BCUT2D eigenvalue weighted by Gasteiger charge is -2.20. The van der Waals surface area contributed by atoms with E-state index in [4.69, 9.17) is 4.98 Å². The summed E-state index contributed by atoms with van der Waals surface area (Å²) in [7, 11) is 0. The Labute approximate surface area is 114 Å². The lowest BCUT2D eigenvalue weighted by atomic mass is 10.0. The molecule has 0 spiro atoms. The minimum Gasteiger partial charge on any atom is -0.302 e. The van der Waals surface area contributed by atoms with Gasteiger partial charge in [0.2, 0.25) is 0 Å². The standard InChI is InChI=1S/C13H15BrN2S/c1-9-3-2-6-16-11(9)12(14)15-13(16)10-4-7-17-8-5-10/h2-3,6,10H,4-5,7-8H2,1H3. The van der Waals surface area contributed by atoms with E-state index in [0.717, 1.165) is 4.60 Å². The predicted molar refractivity (Wildman–Crippen MR) is 76.9 cm³/mol. The Morgan fingerprint density at radius 1 is 1.41 bits per heavy atom. The van der Waals surface area contributed by atoms with Crippen molar-refractivity contribution in [3.05, 3.63) is 34.3 Å². The van der Waals surface area contributed by atoms with Crippen LogP contribution in [0.1, 0.15) is 30.1 Å². The molecular formula is C13H15BrN2S. The molecule has 0 saturated carbocycles. The Balaban J connectivity index is 2.13. The molecular weight excluding hydrogens is 296 g/mol. The summed E-state index contributed by atoms with van der Waals surface area (Å²) in [5, 5.41) is 0. The molecule has 0 N–H and O–H groups in total. The van der Waals surface area contributed by atoms with Gasteiger partial charge in [0.05, 0.1) is 5.52 Å². The number of hydrogen-bond acceptors (Lipinski definition) is 2. The molecule has 0 radical (unpaired) electrons. The molecule has 0 amide bonds. The van der Waals surface area contributed by atoms with Crippen LogP contribution in [0.5, 0.6) is 0 Å². The molecule has 0 aromatic carbocycles. The number of hydrogen-bond donors (Lipinski definition) is 0. The van der Waals surface area contributed by atoms with E-state index < -0.39 is 0 Å². The zero-order valence-corrected chi connectivity index (χ0v) is 12.2. The van der Waals surface area contributed by atoms with Crippen LogP contribution >= 0.6 is 27.7 Å². The zero-order chi connectivity index (χ0) is 11.8. The molecule has 4 heteroatoms. The van der Waals surface area contributed by atoms with E-state index in [0.29, 0.717) is 5.92 Å². The monoisotopic (exact) mass is 310 g/mol.